The molecule has 0 aliphatic heterocycles. The number of nitrogens with zero attached hydrogens (tertiary/aromatic N) is 2. The largest absolute Gasteiger partial charge is 0.307 e. The van der Waals surface area contributed by atoms with Crippen molar-refractivity contribution in [3.8, 4) is 0 Å². The summed E-state index contributed by atoms with van der Waals surface area (Å²) < 4.78 is 0. The lowest BCUT2D eigenvalue weighted by molar-refractivity contribution is -0.0979. The lowest BCUT2D eigenvalue weighted by atomic mass is 10.2. The Morgan fingerprint density at radius 3 is 2.27 bits per heavy atom. The molecule has 0 aliphatic rings. The number of carbonyl (C=O) groups excluding carboxylic acids is 3. The van der Waals surface area contributed by atoms with Gasteiger partial charge in [0.25, 0.3) is 0 Å². The van der Waals surface area contributed by atoms with Gasteiger partial charge in [0.1, 0.15) is 6.79 Å². The molecule has 0 spiro atoms. The molecule has 0 saturated heterocycles. The third-order valence-electron chi connectivity index (χ3n) is 1.53. The molecule has 0 aliphatic carbocycles. The van der Waals surface area contributed by atoms with Crippen LogP contribution in [0, 0.1) is 6.92 Å². The molecule has 0 bridgehead atoms. The van der Waals surface area contributed by atoms with Crippen molar-refractivity contribution in [3.63, 3.8) is 0 Å². The highest BCUT2D eigenvalue weighted by Crippen LogP contribution is 2.23. The molecule has 1 aromatic rings. The molecule has 0 fully saturated rings. The molecule has 1 aromatic carbocycles. The summed E-state index contributed by atoms with van der Waals surface area (Å²) in [5.74, 6) is 0. The van der Waals surface area contributed by atoms with Crippen LogP contribution in [0.15, 0.2) is 28.2 Å². The molecule has 0 aromatic heterocycles. The average Bonchev–Trinajstić information content (AvgIpc) is 2.27. The van der Waals surface area contributed by atoms with Gasteiger partial charge in [-0.05, 0) is 24.6 Å². The average molecular weight is 204 g/mol. The Labute approximate surface area is 86.2 Å². The number of isocyanates is 2. The minimum Gasteiger partial charge on any atom is -0.307 e. The van der Waals surface area contributed by atoms with Crippen molar-refractivity contribution >= 4 is 30.3 Å². The molecule has 0 N–H and O–H groups in total. The van der Waals surface area contributed by atoms with Crippen molar-refractivity contribution < 1.29 is 14.4 Å². The second-order valence-electron chi connectivity index (χ2n) is 2.38. The van der Waals surface area contributed by atoms with E-state index in [2.05, 4.69) is 9.98 Å². The molecule has 5 nitrogen and oxygen atoms in total. The molecule has 1 rings (SSSR count). The fourth-order valence-electron chi connectivity index (χ4n) is 0.890. The summed E-state index contributed by atoms with van der Waals surface area (Å²) in [6, 6.07) is 4.88. The Morgan fingerprint density at radius 1 is 1.13 bits per heavy atom. The fraction of sp³-hybridized carbons (Fsp3) is 0.100. The first-order valence-electron chi connectivity index (χ1n) is 3.83. The molecule has 0 saturated carbocycles. The van der Waals surface area contributed by atoms with E-state index in [-0.39, 0.29) is 0 Å². The van der Waals surface area contributed by atoms with Crippen molar-refractivity contribution in [2.75, 3.05) is 0 Å². The van der Waals surface area contributed by atoms with Gasteiger partial charge < -0.3 is 4.79 Å². The van der Waals surface area contributed by atoms with E-state index in [1.165, 1.54) is 18.2 Å². The highest BCUT2D eigenvalue weighted by atomic mass is 16.1. The second kappa shape index (κ2) is 7.09. The van der Waals surface area contributed by atoms with Crippen LogP contribution < -0.4 is 0 Å². The summed E-state index contributed by atoms with van der Waals surface area (Å²) >= 11 is 0. The number of aryl methyl sites for hydroxylation is 1. The zero-order valence-corrected chi connectivity index (χ0v) is 8.06. The van der Waals surface area contributed by atoms with Crippen LogP contribution in [0.3, 0.4) is 0 Å². The maximum absolute atomic E-state index is 10.00. The molecular weight excluding hydrogens is 196 g/mol. The van der Waals surface area contributed by atoms with Crippen LogP contribution in [0.2, 0.25) is 0 Å². The number of aliphatic imine (C=N–C) groups is 2. The molecule has 0 atom stereocenters. The van der Waals surface area contributed by atoms with Gasteiger partial charge in [-0.3, -0.25) is 0 Å². The van der Waals surface area contributed by atoms with E-state index in [0.29, 0.717) is 11.4 Å². The Bertz CT molecular complexity index is 430. The molecule has 76 valence electrons. The lowest BCUT2D eigenvalue weighted by Crippen LogP contribution is -1.73. The Balaban J connectivity index is 0.000000921. The van der Waals surface area contributed by atoms with E-state index in [1.807, 2.05) is 6.79 Å². The van der Waals surface area contributed by atoms with Crippen LogP contribution in [0.5, 0.6) is 0 Å². The molecule has 0 radical (unpaired) electrons. The third-order valence-corrected chi connectivity index (χ3v) is 1.53. The number of benzene rings is 1. The quantitative estimate of drug-likeness (QED) is 0.543. The van der Waals surface area contributed by atoms with Gasteiger partial charge in [-0.1, -0.05) is 6.07 Å². The number of rotatable bonds is 2. The summed E-state index contributed by atoms with van der Waals surface area (Å²) in [4.78, 5) is 34.8. The van der Waals surface area contributed by atoms with E-state index in [0.717, 1.165) is 5.56 Å². The molecule has 0 unspecified atom stereocenters. The van der Waals surface area contributed by atoms with Crippen molar-refractivity contribution in [2.24, 2.45) is 9.98 Å². The topological polar surface area (TPSA) is 75.9 Å². The van der Waals surface area contributed by atoms with Gasteiger partial charge in [0.2, 0.25) is 12.2 Å². The van der Waals surface area contributed by atoms with Crippen molar-refractivity contribution in [1.82, 2.24) is 0 Å². The van der Waals surface area contributed by atoms with Crippen molar-refractivity contribution in [3.05, 3.63) is 23.8 Å². The third kappa shape index (κ3) is 3.91. The molecule has 5 heteroatoms. The summed E-state index contributed by atoms with van der Waals surface area (Å²) in [5.41, 5.74) is 1.72. The first-order chi connectivity index (χ1) is 7.27. The Kier molecular flexibility index (Phi) is 5.98. The summed E-state index contributed by atoms with van der Waals surface area (Å²) in [5, 5.41) is 0. The van der Waals surface area contributed by atoms with Gasteiger partial charge in [-0.15, -0.1) is 0 Å². The molecular formula is C10H8N2O3. The van der Waals surface area contributed by atoms with E-state index in [1.54, 1.807) is 19.1 Å². The fourth-order valence-corrected chi connectivity index (χ4v) is 0.890. The normalized spacial score (nSPS) is 7.53. The maximum atomic E-state index is 10.00. The maximum Gasteiger partial charge on any atom is 0.240 e. The monoisotopic (exact) mass is 204 g/mol. The van der Waals surface area contributed by atoms with E-state index < -0.39 is 0 Å². The zero-order chi connectivity index (χ0) is 11.7. The first kappa shape index (κ1) is 12.7. The second-order valence-corrected chi connectivity index (χ2v) is 2.38. The summed E-state index contributed by atoms with van der Waals surface area (Å²) in [6.45, 7) is 3.80. The van der Waals surface area contributed by atoms with Crippen LogP contribution >= 0.6 is 0 Å². The summed E-state index contributed by atoms with van der Waals surface area (Å²) in [7, 11) is 0. The molecule has 0 amide bonds. The zero-order valence-electron chi connectivity index (χ0n) is 8.06. The number of hydrogen-bond acceptors (Lipinski definition) is 5. The predicted octanol–water partition coefficient (Wildman–Crippen LogP) is 1.74. The van der Waals surface area contributed by atoms with Gasteiger partial charge in [0, 0.05) is 0 Å². The van der Waals surface area contributed by atoms with Gasteiger partial charge in [-0.2, -0.15) is 9.98 Å². The Hall–Kier alpha value is -2.35. The number of carbonyl (C=O) groups is 1. The predicted molar refractivity (Wildman–Crippen MR) is 53.9 cm³/mol. The van der Waals surface area contributed by atoms with E-state index in [9.17, 15) is 9.59 Å². The summed E-state index contributed by atoms with van der Waals surface area (Å²) in [6.07, 6.45) is 2.84. The molecule has 15 heavy (non-hydrogen) atoms. The standard InChI is InChI=1S/C9H6N2O2.CH2O/c1-7-2-3-8(10-5-12)4-9(7)11-6-13;1-2/h2-4H,1H3;1H2. The van der Waals surface area contributed by atoms with Crippen molar-refractivity contribution in [1.29, 1.82) is 0 Å². The van der Waals surface area contributed by atoms with Gasteiger partial charge >= 0.3 is 0 Å². The smallest absolute Gasteiger partial charge is 0.240 e. The highest BCUT2D eigenvalue weighted by molar-refractivity contribution is 5.61. The number of hydrogen-bond donors (Lipinski definition) is 0. The minimum atomic E-state index is 0.426. The van der Waals surface area contributed by atoms with Crippen LogP contribution in [0.4, 0.5) is 11.4 Å². The van der Waals surface area contributed by atoms with E-state index in [4.69, 9.17) is 4.79 Å². The van der Waals surface area contributed by atoms with Crippen LogP contribution in [0.1, 0.15) is 5.56 Å². The van der Waals surface area contributed by atoms with Crippen molar-refractivity contribution in [2.45, 2.75) is 6.92 Å². The van der Waals surface area contributed by atoms with Gasteiger partial charge in [0.15, 0.2) is 0 Å². The highest BCUT2D eigenvalue weighted by Gasteiger charge is 1.97. The van der Waals surface area contributed by atoms with E-state index >= 15 is 0 Å². The van der Waals surface area contributed by atoms with Crippen LogP contribution in [-0.2, 0) is 14.4 Å². The first-order valence-corrected chi connectivity index (χ1v) is 3.83. The van der Waals surface area contributed by atoms with Crippen LogP contribution in [-0.4, -0.2) is 18.9 Å². The molecule has 0 heterocycles. The van der Waals surface area contributed by atoms with Crippen LogP contribution in [0.25, 0.3) is 0 Å². The lowest BCUT2D eigenvalue weighted by Gasteiger charge is -1.97. The minimum absolute atomic E-state index is 0.426. The van der Waals surface area contributed by atoms with Gasteiger partial charge in [0.05, 0.1) is 11.4 Å². The van der Waals surface area contributed by atoms with Gasteiger partial charge in [-0.25, -0.2) is 9.59 Å². The Morgan fingerprint density at radius 2 is 1.73 bits per heavy atom. The SMILES string of the molecule is C=O.Cc1ccc(N=C=O)cc1N=C=O.